The van der Waals surface area contributed by atoms with Crippen molar-refractivity contribution in [3.8, 4) is 5.88 Å². The van der Waals surface area contributed by atoms with Gasteiger partial charge in [-0.2, -0.15) is 0 Å². The van der Waals surface area contributed by atoms with Crippen LogP contribution in [-0.4, -0.2) is 23.1 Å². The lowest BCUT2D eigenvalue weighted by Gasteiger charge is -2.29. The molecule has 100 valence electrons. The third-order valence-electron chi connectivity index (χ3n) is 3.95. The minimum Gasteiger partial charge on any atom is -0.481 e. The monoisotopic (exact) mass is 249 g/mol. The summed E-state index contributed by atoms with van der Waals surface area (Å²) in [5.41, 5.74) is 0.989. The molecule has 1 aliphatic rings. The minimum absolute atomic E-state index is 0.462. The van der Waals surface area contributed by atoms with Gasteiger partial charge in [0.05, 0.1) is 12.7 Å². The molecular weight excluding hydrogens is 226 g/mol. The Balaban J connectivity index is 2.04. The van der Waals surface area contributed by atoms with Crippen LogP contribution in [0.3, 0.4) is 0 Å². The maximum atomic E-state index is 5.22. The van der Waals surface area contributed by atoms with E-state index in [0.29, 0.717) is 11.9 Å². The van der Waals surface area contributed by atoms with Crippen LogP contribution in [0, 0.1) is 12.8 Å². The molecule has 0 radical (unpaired) electrons. The molecule has 0 aromatic carbocycles. The van der Waals surface area contributed by atoms with Crippen LogP contribution < -0.4 is 10.1 Å². The van der Waals surface area contributed by atoms with Gasteiger partial charge in [0.25, 0.3) is 0 Å². The van der Waals surface area contributed by atoms with Crippen molar-refractivity contribution in [2.24, 2.45) is 5.92 Å². The molecule has 0 spiro atoms. The molecule has 18 heavy (non-hydrogen) atoms. The van der Waals surface area contributed by atoms with Crippen molar-refractivity contribution in [1.29, 1.82) is 0 Å². The van der Waals surface area contributed by atoms with Crippen molar-refractivity contribution in [1.82, 2.24) is 9.97 Å². The molecule has 1 aromatic rings. The number of ether oxygens (including phenoxy) is 1. The normalized spacial score (nSPS) is 18.4. The van der Waals surface area contributed by atoms with Gasteiger partial charge in [-0.25, -0.2) is 9.97 Å². The van der Waals surface area contributed by atoms with Gasteiger partial charge in [-0.15, -0.1) is 0 Å². The van der Waals surface area contributed by atoms with E-state index in [9.17, 15) is 0 Å². The SMILES string of the molecule is COc1ncnc(NC(C)C2CCCCC2)c1C. The van der Waals surface area contributed by atoms with Gasteiger partial charge in [-0.3, -0.25) is 0 Å². The topological polar surface area (TPSA) is 47.0 Å². The largest absolute Gasteiger partial charge is 0.481 e. The van der Waals surface area contributed by atoms with Crippen LogP contribution in [0.15, 0.2) is 6.33 Å². The molecule has 1 heterocycles. The Morgan fingerprint density at radius 2 is 2.00 bits per heavy atom. The molecule has 1 saturated carbocycles. The van der Waals surface area contributed by atoms with Gasteiger partial charge >= 0.3 is 0 Å². The molecule has 1 atom stereocenters. The van der Waals surface area contributed by atoms with Crippen molar-refractivity contribution < 1.29 is 4.74 Å². The van der Waals surface area contributed by atoms with Crippen LogP contribution in [0.4, 0.5) is 5.82 Å². The minimum atomic E-state index is 0.462. The predicted octanol–water partition coefficient (Wildman–Crippen LogP) is 3.17. The average molecular weight is 249 g/mol. The highest BCUT2D eigenvalue weighted by molar-refractivity contribution is 5.48. The molecule has 1 fully saturated rings. The van der Waals surface area contributed by atoms with E-state index in [0.717, 1.165) is 17.3 Å². The van der Waals surface area contributed by atoms with Gasteiger partial charge in [0.2, 0.25) is 5.88 Å². The second-order valence-corrected chi connectivity index (χ2v) is 5.19. The van der Waals surface area contributed by atoms with E-state index in [1.54, 1.807) is 13.4 Å². The van der Waals surface area contributed by atoms with Crippen LogP contribution >= 0.6 is 0 Å². The summed E-state index contributed by atoms with van der Waals surface area (Å²) in [5.74, 6) is 2.32. The van der Waals surface area contributed by atoms with Crippen molar-refractivity contribution in [2.45, 2.75) is 52.0 Å². The lowest BCUT2D eigenvalue weighted by atomic mass is 9.84. The molecule has 4 nitrogen and oxygen atoms in total. The van der Waals surface area contributed by atoms with E-state index in [1.807, 2.05) is 6.92 Å². The number of anilines is 1. The third-order valence-corrected chi connectivity index (χ3v) is 3.95. The molecule has 0 amide bonds. The summed E-state index contributed by atoms with van der Waals surface area (Å²) in [4.78, 5) is 8.42. The average Bonchev–Trinajstić information content (AvgIpc) is 2.42. The van der Waals surface area contributed by atoms with E-state index < -0.39 is 0 Å². The zero-order chi connectivity index (χ0) is 13.0. The number of nitrogens with zero attached hydrogens (tertiary/aromatic N) is 2. The number of nitrogens with one attached hydrogen (secondary N) is 1. The van der Waals surface area contributed by atoms with E-state index in [1.165, 1.54) is 32.1 Å². The summed E-state index contributed by atoms with van der Waals surface area (Å²) in [5, 5.41) is 3.52. The lowest BCUT2D eigenvalue weighted by Crippen LogP contribution is -2.28. The predicted molar refractivity (Wildman–Crippen MR) is 73.0 cm³/mol. The Morgan fingerprint density at radius 3 is 2.67 bits per heavy atom. The second-order valence-electron chi connectivity index (χ2n) is 5.19. The van der Waals surface area contributed by atoms with Crippen LogP contribution in [-0.2, 0) is 0 Å². The summed E-state index contributed by atoms with van der Waals surface area (Å²) in [6.45, 7) is 4.25. The quantitative estimate of drug-likeness (QED) is 0.890. The maximum absolute atomic E-state index is 5.22. The van der Waals surface area contributed by atoms with Crippen molar-refractivity contribution >= 4 is 5.82 Å². The van der Waals surface area contributed by atoms with E-state index in [2.05, 4.69) is 22.2 Å². The summed E-state index contributed by atoms with van der Waals surface area (Å²) < 4.78 is 5.22. The summed E-state index contributed by atoms with van der Waals surface area (Å²) in [6, 6.07) is 0.462. The highest BCUT2D eigenvalue weighted by atomic mass is 16.5. The van der Waals surface area contributed by atoms with Crippen molar-refractivity contribution in [3.63, 3.8) is 0 Å². The number of aromatic nitrogens is 2. The number of rotatable bonds is 4. The van der Waals surface area contributed by atoms with Gasteiger partial charge < -0.3 is 10.1 Å². The Morgan fingerprint density at radius 1 is 1.28 bits per heavy atom. The van der Waals surface area contributed by atoms with Crippen LogP contribution in [0.25, 0.3) is 0 Å². The first-order valence-corrected chi connectivity index (χ1v) is 6.84. The van der Waals surface area contributed by atoms with Crippen LogP contribution in [0.5, 0.6) is 5.88 Å². The maximum Gasteiger partial charge on any atom is 0.221 e. The van der Waals surface area contributed by atoms with Gasteiger partial charge in [-0.1, -0.05) is 19.3 Å². The summed E-state index contributed by atoms with van der Waals surface area (Å²) >= 11 is 0. The fraction of sp³-hybridized carbons (Fsp3) is 0.714. The lowest BCUT2D eigenvalue weighted by molar-refractivity contribution is 0.327. The number of hydrogen-bond donors (Lipinski definition) is 1. The van der Waals surface area contributed by atoms with Gasteiger partial charge in [0.1, 0.15) is 12.1 Å². The standard InChI is InChI=1S/C14H23N3O/c1-10-13(15-9-16-14(10)18-3)17-11(2)12-7-5-4-6-8-12/h9,11-12H,4-8H2,1-3H3,(H,15,16,17). The smallest absolute Gasteiger partial charge is 0.221 e. The molecular formula is C14H23N3O. The Kier molecular flexibility index (Phi) is 4.39. The fourth-order valence-electron chi connectivity index (χ4n) is 2.75. The van der Waals surface area contributed by atoms with Gasteiger partial charge in [0, 0.05) is 6.04 Å². The molecule has 1 N–H and O–H groups in total. The zero-order valence-electron chi connectivity index (χ0n) is 11.6. The molecule has 0 bridgehead atoms. The molecule has 1 aliphatic carbocycles. The zero-order valence-corrected chi connectivity index (χ0v) is 11.6. The highest BCUT2D eigenvalue weighted by Gasteiger charge is 2.21. The van der Waals surface area contributed by atoms with E-state index in [4.69, 9.17) is 4.74 Å². The summed E-state index contributed by atoms with van der Waals surface area (Å²) in [6.07, 6.45) is 8.34. The Hall–Kier alpha value is -1.32. The Labute approximate surface area is 109 Å². The summed E-state index contributed by atoms with van der Waals surface area (Å²) in [7, 11) is 1.64. The van der Waals surface area contributed by atoms with Crippen LogP contribution in [0.1, 0.15) is 44.6 Å². The molecule has 0 aliphatic heterocycles. The number of hydrogen-bond acceptors (Lipinski definition) is 4. The van der Waals surface area contributed by atoms with E-state index >= 15 is 0 Å². The fourth-order valence-corrected chi connectivity index (χ4v) is 2.75. The second kappa shape index (κ2) is 6.03. The van der Waals surface area contributed by atoms with Gasteiger partial charge in [0.15, 0.2) is 0 Å². The number of methoxy groups -OCH3 is 1. The molecule has 0 saturated heterocycles. The third kappa shape index (κ3) is 2.92. The molecule has 4 heteroatoms. The Bertz CT molecular complexity index is 389. The highest BCUT2D eigenvalue weighted by Crippen LogP contribution is 2.29. The van der Waals surface area contributed by atoms with Crippen molar-refractivity contribution in [3.05, 3.63) is 11.9 Å². The first-order chi connectivity index (χ1) is 8.72. The first kappa shape index (κ1) is 13.1. The molecule has 2 rings (SSSR count). The first-order valence-electron chi connectivity index (χ1n) is 6.84. The van der Waals surface area contributed by atoms with E-state index in [-0.39, 0.29) is 0 Å². The van der Waals surface area contributed by atoms with Gasteiger partial charge in [-0.05, 0) is 32.6 Å². The van der Waals surface area contributed by atoms with Crippen LogP contribution in [0.2, 0.25) is 0 Å². The molecule has 1 aromatic heterocycles. The molecule has 1 unspecified atom stereocenters. The van der Waals surface area contributed by atoms with Crippen molar-refractivity contribution in [2.75, 3.05) is 12.4 Å².